The summed E-state index contributed by atoms with van der Waals surface area (Å²) in [5.74, 6) is -0.959. The van der Waals surface area contributed by atoms with Gasteiger partial charge in [-0.05, 0) is 46.7 Å². The van der Waals surface area contributed by atoms with Crippen LogP contribution in [0.2, 0.25) is 13.1 Å². The molecule has 0 unspecified atom stereocenters. The average molecular weight is 286 g/mol. The molecule has 19 heavy (non-hydrogen) atoms. The number of methoxy groups -OCH3 is 1. The molecule has 0 N–H and O–H groups in total. The summed E-state index contributed by atoms with van der Waals surface area (Å²) in [5.41, 5.74) is -1.56. The van der Waals surface area contributed by atoms with Crippen molar-refractivity contribution >= 4 is 21.0 Å². The van der Waals surface area contributed by atoms with Crippen LogP contribution in [0.5, 0.6) is 0 Å². The number of carbonyl (C=O) groups excluding carboxylic acids is 2. The highest BCUT2D eigenvalue weighted by Gasteiger charge is 2.59. The lowest BCUT2D eigenvalue weighted by atomic mass is 9.92. The van der Waals surface area contributed by atoms with E-state index in [9.17, 15) is 9.59 Å². The summed E-state index contributed by atoms with van der Waals surface area (Å²) >= 11 is 0. The van der Waals surface area contributed by atoms with Crippen molar-refractivity contribution in [2.24, 2.45) is 0 Å². The maximum absolute atomic E-state index is 12.5. The van der Waals surface area contributed by atoms with Crippen molar-refractivity contribution in [3.63, 3.8) is 0 Å². The number of hydrogen-bond donors (Lipinski definition) is 0. The van der Waals surface area contributed by atoms with Crippen LogP contribution in [-0.4, -0.2) is 50.6 Å². The van der Waals surface area contributed by atoms with E-state index in [1.807, 2.05) is 38.8 Å². The van der Waals surface area contributed by atoms with E-state index in [0.29, 0.717) is 13.0 Å². The van der Waals surface area contributed by atoms with E-state index in [4.69, 9.17) is 9.16 Å². The van der Waals surface area contributed by atoms with Crippen LogP contribution in [0.3, 0.4) is 0 Å². The Balaban J connectivity index is 3.20. The topological polar surface area (TPSA) is 55.8 Å². The molecule has 0 aromatic carbocycles. The molecule has 0 saturated carbocycles. The van der Waals surface area contributed by atoms with Crippen molar-refractivity contribution in [2.75, 3.05) is 13.7 Å². The molecule has 1 saturated heterocycles. The molecule has 1 aliphatic heterocycles. The van der Waals surface area contributed by atoms with E-state index in [1.54, 1.807) is 0 Å². The van der Waals surface area contributed by atoms with Gasteiger partial charge in [-0.2, -0.15) is 0 Å². The van der Waals surface area contributed by atoms with Crippen molar-refractivity contribution < 1.29 is 18.8 Å². The quantitative estimate of drug-likeness (QED) is 0.448. The zero-order valence-corrected chi connectivity index (χ0v) is 13.7. The lowest BCUT2D eigenvalue weighted by Gasteiger charge is -2.42. The third-order valence-corrected chi connectivity index (χ3v) is 3.94. The molecule has 1 aliphatic rings. The molecule has 1 heterocycles. The summed E-state index contributed by atoms with van der Waals surface area (Å²) in [7, 11) is 0.119. The van der Waals surface area contributed by atoms with Crippen molar-refractivity contribution in [3.8, 4) is 0 Å². The second-order valence-corrected chi connectivity index (χ2v) is 8.10. The second-order valence-electron chi connectivity index (χ2n) is 6.08. The van der Waals surface area contributed by atoms with E-state index in [0.717, 1.165) is 6.42 Å². The second kappa shape index (κ2) is 5.62. The van der Waals surface area contributed by atoms with Gasteiger partial charge in [0.15, 0.2) is 0 Å². The van der Waals surface area contributed by atoms with Gasteiger partial charge < -0.3 is 9.16 Å². The third kappa shape index (κ3) is 3.00. The summed E-state index contributed by atoms with van der Waals surface area (Å²) in [5, 5.41) is 0. The smallest absolute Gasteiger partial charge is 0.337 e. The molecule has 109 valence electrons. The predicted molar refractivity (Wildman–Crippen MR) is 74.0 cm³/mol. The van der Waals surface area contributed by atoms with Crippen LogP contribution in [0.15, 0.2) is 0 Å². The molecular weight excluding hydrogens is 262 g/mol. The molecular formula is C13H24NO4Si. The summed E-state index contributed by atoms with van der Waals surface area (Å²) in [6.45, 7) is 10.4. The van der Waals surface area contributed by atoms with E-state index in [-0.39, 0.29) is 5.54 Å². The Morgan fingerprint density at radius 2 is 1.79 bits per heavy atom. The molecule has 1 atom stereocenters. The Bertz CT molecular complexity index is 364. The number of rotatable bonds is 3. The van der Waals surface area contributed by atoms with E-state index < -0.39 is 26.5 Å². The summed E-state index contributed by atoms with van der Waals surface area (Å²) in [6, 6.07) is 0. The van der Waals surface area contributed by atoms with Gasteiger partial charge in [0.25, 0.3) is 9.04 Å². The van der Waals surface area contributed by atoms with Gasteiger partial charge in [-0.3, -0.25) is 9.69 Å². The van der Waals surface area contributed by atoms with Crippen LogP contribution in [0.25, 0.3) is 0 Å². The van der Waals surface area contributed by atoms with Crippen molar-refractivity contribution in [3.05, 3.63) is 0 Å². The standard InChI is InChI=1S/C13H24NO4Si/c1-12(2,3)14-9-7-8-13(14,10(15)17-4)11(16)18-19(5)6/h7-9H2,1-6H3/t13-/m0/s1. The number of esters is 1. The average Bonchev–Trinajstić information content (AvgIpc) is 2.72. The molecule has 0 bridgehead atoms. The lowest BCUT2D eigenvalue weighted by molar-refractivity contribution is -0.170. The number of carbonyl (C=O) groups is 2. The van der Waals surface area contributed by atoms with Crippen molar-refractivity contribution in [2.45, 2.75) is 57.8 Å². The van der Waals surface area contributed by atoms with Gasteiger partial charge in [-0.15, -0.1) is 0 Å². The molecule has 6 heteroatoms. The first-order chi connectivity index (χ1) is 8.66. The fraction of sp³-hybridized carbons (Fsp3) is 0.846. The minimum Gasteiger partial charge on any atom is -0.516 e. The highest BCUT2D eigenvalue weighted by atomic mass is 28.3. The Kier molecular flexibility index (Phi) is 4.79. The summed E-state index contributed by atoms with van der Waals surface area (Å²) < 4.78 is 10.3. The largest absolute Gasteiger partial charge is 0.516 e. The molecule has 5 nitrogen and oxygen atoms in total. The maximum atomic E-state index is 12.5. The molecule has 0 amide bonds. The van der Waals surface area contributed by atoms with Gasteiger partial charge in [0.2, 0.25) is 5.54 Å². The van der Waals surface area contributed by atoms with Crippen LogP contribution in [0, 0.1) is 0 Å². The zero-order valence-electron chi connectivity index (χ0n) is 12.7. The van der Waals surface area contributed by atoms with Gasteiger partial charge >= 0.3 is 11.9 Å². The number of hydrogen-bond acceptors (Lipinski definition) is 5. The van der Waals surface area contributed by atoms with Crippen LogP contribution < -0.4 is 0 Å². The Morgan fingerprint density at radius 3 is 2.21 bits per heavy atom. The fourth-order valence-electron chi connectivity index (χ4n) is 2.67. The highest BCUT2D eigenvalue weighted by Crippen LogP contribution is 2.37. The Labute approximate surface area is 117 Å². The number of nitrogens with zero attached hydrogens (tertiary/aromatic N) is 1. The highest BCUT2D eigenvalue weighted by molar-refractivity contribution is 6.51. The van der Waals surface area contributed by atoms with Crippen LogP contribution >= 0.6 is 0 Å². The number of ether oxygens (including phenoxy) is 1. The SMILES string of the molecule is COC(=O)[C@]1(C(=O)O[Si](C)C)CCCN1C(C)(C)C. The molecule has 0 aromatic rings. The summed E-state index contributed by atoms with van der Waals surface area (Å²) in [6.07, 6.45) is 1.25. The van der Waals surface area contributed by atoms with Gasteiger partial charge in [-0.1, -0.05) is 0 Å². The third-order valence-electron chi connectivity index (χ3n) is 3.35. The molecule has 1 fully saturated rings. The first kappa shape index (κ1) is 16.2. The predicted octanol–water partition coefficient (Wildman–Crippen LogP) is 1.59. The monoisotopic (exact) mass is 286 g/mol. The Hall–Kier alpha value is -0.883. The first-order valence-corrected chi connectivity index (χ1v) is 8.95. The fourth-order valence-corrected chi connectivity index (χ4v) is 3.21. The zero-order chi connectivity index (χ0) is 14.8. The maximum Gasteiger partial charge on any atom is 0.337 e. The normalized spacial score (nSPS) is 24.6. The Morgan fingerprint density at radius 1 is 1.21 bits per heavy atom. The molecule has 0 aliphatic carbocycles. The van der Waals surface area contributed by atoms with Crippen molar-refractivity contribution in [1.29, 1.82) is 0 Å². The lowest BCUT2D eigenvalue weighted by Crippen LogP contribution is -2.63. The molecule has 1 radical (unpaired) electrons. The number of likely N-dealkylation sites (tertiary alicyclic amines) is 1. The van der Waals surface area contributed by atoms with E-state index >= 15 is 0 Å². The summed E-state index contributed by atoms with van der Waals surface area (Å²) in [4.78, 5) is 26.7. The van der Waals surface area contributed by atoms with Crippen LogP contribution in [-0.2, 0) is 18.8 Å². The van der Waals surface area contributed by atoms with Gasteiger partial charge in [0.05, 0.1) is 7.11 Å². The minimum atomic E-state index is -1.27. The van der Waals surface area contributed by atoms with Crippen LogP contribution in [0.4, 0.5) is 0 Å². The van der Waals surface area contributed by atoms with E-state index in [1.165, 1.54) is 7.11 Å². The minimum absolute atomic E-state index is 0.294. The molecule has 1 rings (SSSR count). The molecule has 0 spiro atoms. The first-order valence-electron chi connectivity index (χ1n) is 6.55. The van der Waals surface area contributed by atoms with Gasteiger partial charge in [0, 0.05) is 12.1 Å². The van der Waals surface area contributed by atoms with Gasteiger partial charge in [0.1, 0.15) is 0 Å². The van der Waals surface area contributed by atoms with Crippen LogP contribution in [0.1, 0.15) is 33.6 Å². The van der Waals surface area contributed by atoms with Crippen molar-refractivity contribution in [1.82, 2.24) is 4.90 Å². The van der Waals surface area contributed by atoms with Gasteiger partial charge in [-0.25, -0.2) is 4.79 Å². The molecule has 0 aromatic heterocycles. The van der Waals surface area contributed by atoms with E-state index in [2.05, 4.69) is 0 Å².